The number of ether oxygens (including phenoxy) is 1. The zero-order chi connectivity index (χ0) is 16.9. The Labute approximate surface area is 144 Å². The molecule has 2 aliphatic heterocycles. The maximum absolute atomic E-state index is 12.3. The van der Waals surface area contributed by atoms with Crippen molar-refractivity contribution in [2.75, 3.05) is 32.8 Å². The van der Waals surface area contributed by atoms with E-state index in [0.29, 0.717) is 36.8 Å². The quantitative estimate of drug-likeness (QED) is 0.863. The summed E-state index contributed by atoms with van der Waals surface area (Å²) in [6, 6.07) is 6.45. The Morgan fingerprint density at radius 1 is 1.38 bits per heavy atom. The van der Waals surface area contributed by atoms with E-state index in [9.17, 15) is 4.79 Å². The van der Waals surface area contributed by atoms with Gasteiger partial charge in [-0.2, -0.15) is 0 Å². The molecule has 0 unspecified atom stereocenters. The summed E-state index contributed by atoms with van der Waals surface area (Å²) >= 11 is 0. The number of fused-ring (bicyclic) bond motifs is 1. The van der Waals surface area contributed by atoms with E-state index in [-0.39, 0.29) is 5.91 Å². The highest BCUT2D eigenvalue weighted by atomic mass is 16.5. The topological polar surface area (TPSA) is 54.5 Å². The van der Waals surface area contributed by atoms with Crippen LogP contribution in [0.2, 0.25) is 0 Å². The molecule has 1 aromatic heterocycles. The van der Waals surface area contributed by atoms with Gasteiger partial charge in [0.25, 0.3) is 0 Å². The predicted octanol–water partition coefficient (Wildman–Crippen LogP) is 1.73. The van der Waals surface area contributed by atoms with Crippen molar-refractivity contribution < 1.29 is 9.53 Å². The molecule has 2 aliphatic rings. The van der Waals surface area contributed by atoms with E-state index in [1.54, 1.807) is 6.20 Å². The summed E-state index contributed by atoms with van der Waals surface area (Å²) in [4.78, 5) is 19.1. The summed E-state index contributed by atoms with van der Waals surface area (Å²) in [7, 11) is 0. The van der Waals surface area contributed by atoms with Gasteiger partial charge in [0.05, 0.1) is 13.2 Å². The molecule has 3 atom stereocenters. The third-order valence-electron chi connectivity index (χ3n) is 5.40. The summed E-state index contributed by atoms with van der Waals surface area (Å²) < 4.78 is 5.78. The Balaban J connectivity index is 1.45. The number of nitrogens with zero attached hydrogens (tertiary/aromatic N) is 2. The Morgan fingerprint density at radius 2 is 2.25 bits per heavy atom. The van der Waals surface area contributed by atoms with Gasteiger partial charge in [-0.3, -0.25) is 9.78 Å². The van der Waals surface area contributed by atoms with E-state index >= 15 is 0 Å². The summed E-state index contributed by atoms with van der Waals surface area (Å²) in [5, 5.41) is 3.04. The normalized spacial score (nSPS) is 27.2. The number of rotatable bonds is 6. The number of hydrogen-bond donors (Lipinski definition) is 1. The minimum atomic E-state index is 0.142. The SMILES string of the molecule is CC(C)N1C[C@H]2COC[C@@H](CC(=O)NCCc3ccccn3)[C@H]2C1. The van der Waals surface area contributed by atoms with Crippen molar-refractivity contribution in [2.24, 2.45) is 17.8 Å². The van der Waals surface area contributed by atoms with Gasteiger partial charge in [-0.05, 0) is 43.7 Å². The van der Waals surface area contributed by atoms with Crippen LogP contribution in [-0.4, -0.2) is 54.7 Å². The monoisotopic (exact) mass is 331 g/mol. The number of carbonyl (C=O) groups excluding carboxylic acids is 1. The number of hydrogen-bond acceptors (Lipinski definition) is 4. The number of nitrogens with one attached hydrogen (secondary N) is 1. The van der Waals surface area contributed by atoms with Gasteiger partial charge in [-0.25, -0.2) is 0 Å². The number of carbonyl (C=O) groups is 1. The highest BCUT2D eigenvalue weighted by molar-refractivity contribution is 5.76. The molecule has 5 heteroatoms. The van der Waals surface area contributed by atoms with Crippen LogP contribution in [0, 0.1) is 17.8 Å². The Kier molecular flexibility index (Phi) is 5.85. The molecule has 24 heavy (non-hydrogen) atoms. The van der Waals surface area contributed by atoms with Crippen molar-refractivity contribution in [1.82, 2.24) is 15.2 Å². The van der Waals surface area contributed by atoms with Gasteiger partial charge in [-0.15, -0.1) is 0 Å². The summed E-state index contributed by atoms with van der Waals surface area (Å²) in [6.45, 7) is 8.94. The van der Waals surface area contributed by atoms with Crippen molar-refractivity contribution in [3.63, 3.8) is 0 Å². The van der Waals surface area contributed by atoms with Gasteiger partial charge >= 0.3 is 0 Å². The van der Waals surface area contributed by atoms with E-state index < -0.39 is 0 Å². The molecule has 0 radical (unpaired) electrons. The lowest BCUT2D eigenvalue weighted by molar-refractivity contribution is -0.124. The lowest BCUT2D eigenvalue weighted by Gasteiger charge is -2.32. The smallest absolute Gasteiger partial charge is 0.220 e. The second kappa shape index (κ2) is 8.08. The van der Waals surface area contributed by atoms with Crippen molar-refractivity contribution in [3.8, 4) is 0 Å². The Morgan fingerprint density at radius 3 is 3.00 bits per heavy atom. The maximum Gasteiger partial charge on any atom is 0.220 e. The predicted molar refractivity (Wildman–Crippen MR) is 93.6 cm³/mol. The van der Waals surface area contributed by atoms with Gasteiger partial charge < -0.3 is 15.0 Å². The molecule has 0 aromatic carbocycles. The van der Waals surface area contributed by atoms with Crippen LogP contribution in [-0.2, 0) is 16.0 Å². The summed E-state index contributed by atoms with van der Waals surface area (Å²) in [6.07, 6.45) is 3.15. The number of pyridine rings is 1. The van der Waals surface area contributed by atoms with E-state index in [2.05, 4.69) is 29.0 Å². The van der Waals surface area contributed by atoms with E-state index in [0.717, 1.165) is 38.4 Å². The van der Waals surface area contributed by atoms with Gasteiger partial charge in [0.2, 0.25) is 5.91 Å². The molecule has 3 heterocycles. The molecule has 5 nitrogen and oxygen atoms in total. The van der Waals surface area contributed by atoms with Gasteiger partial charge in [0, 0.05) is 50.4 Å². The molecule has 0 aliphatic carbocycles. The van der Waals surface area contributed by atoms with Crippen molar-refractivity contribution in [3.05, 3.63) is 30.1 Å². The van der Waals surface area contributed by atoms with Gasteiger partial charge in [0.15, 0.2) is 0 Å². The lowest BCUT2D eigenvalue weighted by Crippen LogP contribution is -2.38. The molecular weight excluding hydrogens is 302 g/mol. The Hall–Kier alpha value is -1.46. The molecule has 1 aromatic rings. The molecule has 1 amide bonds. The van der Waals surface area contributed by atoms with E-state index in [1.165, 1.54) is 0 Å². The van der Waals surface area contributed by atoms with Crippen LogP contribution in [0.25, 0.3) is 0 Å². The second-order valence-corrected chi connectivity index (χ2v) is 7.39. The molecule has 1 N–H and O–H groups in total. The van der Waals surface area contributed by atoms with Crippen molar-refractivity contribution in [1.29, 1.82) is 0 Å². The van der Waals surface area contributed by atoms with Crippen LogP contribution in [0.5, 0.6) is 0 Å². The largest absolute Gasteiger partial charge is 0.381 e. The average molecular weight is 331 g/mol. The van der Waals surface area contributed by atoms with Crippen LogP contribution >= 0.6 is 0 Å². The van der Waals surface area contributed by atoms with Crippen molar-refractivity contribution in [2.45, 2.75) is 32.7 Å². The third kappa shape index (κ3) is 4.33. The highest BCUT2D eigenvalue weighted by Crippen LogP contribution is 2.36. The Bertz CT molecular complexity index is 535. The first-order valence-corrected chi connectivity index (χ1v) is 9.12. The fourth-order valence-electron chi connectivity index (χ4n) is 3.95. The second-order valence-electron chi connectivity index (χ2n) is 7.39. The van der Waals surface area contributed by atoms with Gasteiger partial charge in [-0.1, -0.05) is 6.07 Å². The molecule has 3 rings (SSSR count). The first-order chi connectivity index (χ1) is 11.6. The molecule has 132 valence electrons. The number of likely N-dealkylation sites (tertiary alicyclic amines) is 1. The summed E-state index contributed by atoms with van der Waals surface area (Å²) in [5.41, 5.74) is 1.02. The zero-order valence-electron chi connectivity index (χ0n) is 14.8. The fraction of sp³-hybridized carbons (Fsp3) is 0.684. The lowest BCUT2D eigenvalue weighted by atomic mass is 9.81. The molecule has 2 saturated heterocycles. The highest BCUT2D eigenvalue weighted by Gasteiger charge is 2.41. The van der Waals surface area contributed by atoms with Crippen LogP contribution < -0.4 is 5.32 Å². The number of aromatic nitrogens is 1. The average Bonchev–Trinajstić information content (AvgIpc) is 3.01. The molecular formula is C19H29N3O2. The molecule has 2 fully saturated rings. The van der Waals surface area contributed by atoms with Crippen LogP contribution in [0.1, 0.15) is 26.0 Å². The molecule has 0 spiro atoms. The standard InChI is InChI=1S/C19H29N3O2/c1-14(2)22-10-16-13-24-12-15(18(16)11-22)9-19(23)21-8-6-17-5-3-4-7-20-17/h3-5,7,14-16,18H,6,8-13H2,1-2H3,(H,21,23)/t15-,16+,18-/m1/s1. The van der Waals surface area contributed by atoms with Crippen LogP contribution in [0.4, 0.5) is 0 Å². The minimum Gasteiger partial charge on any atom is -0.381 e. The minimum absolute atomic E-state index is 0.142. The molecule has 0 saturated carbocycles. The van der Waals surface area contributed by atoms with E-state index in [1.807, 2.05) is 18.2 Å². The zero-order valence-corrected chi connectivity index (χ0v) is 14.8. The fourth-order valence-corrected chi connectivity index (χ4v) is 3.95. The third-order valence-corrected chi connectivity index (χ3v) is 5.40. The summed E-state index contributed by atoms with van der Waals surface area (Å²) in [5.74, 6) is 1.68. The van der Waals surface area contributed by atoms with Crippen molar-refractivity contribution >= 4 is 5.91 Å². The van der Waals surface area contributed by atoms with Crippen LogP contribution in [0.15, 0.2) is 24.4 Å². The molecule has 0 bridgehead atoms. The maximum atomic E-state index is 12.3. The first kappa shape index (κ1) is 17.4. The first-order valence-electron chi connectivity index (χ1n) is 9.12. The van der Waals surface area contributed by atoms with E-state index in [4.69, 9.17) is 4.74 Å². The van der Waals surface area contributed by atoms with Gasteiger partial charge in [0.1, 0.15) is 0 Å². The van der Waals surface area contributed by atoms with Crippen LogP contribution in [0.3, 0.4) is 0 Å². The number of amides is 1.